The van der Waals surface area contributed by atoms with Crippen LogP contribution in [0.4, 0.5) is 0 Å². The Hall–Kier alpha value is -3.55. The van der Waals surface area contributed by atoms with Crippen LogP contribution >= 0.6 is 0 Å². The number of aryl methyl sites for hydroxylation is 2. The van der Waals surface area contributed by atoms with E-state index in [9.17, 15) is 4.79 Å². The number of rotatable bonds is 9. The van der Waals surface area contributed by atoms with Gasteiger partial charge < -0.3 is 0 Å². The number of pyridine rings is 1. The van der Waals surface area contributed by atoms with Crippen LogP contribution in [0.15, 0.2) is 53.7 Å². The molecular weight excluding hydrogens is 390 g/mol. The van der Waals surface area contributed by atoms with Crippen molar-refractivity contribution >= 4 is 0 Å². The van der Waals surface area contributed by atoms with Crippen LogP contribution in [-0.2, 0) is 19.5 Å². The molecule has 4 aromatic rings. The number of tetrazole rings is 1. The van der Waals surface area contributed by atoms with E-state index in [1.165, 1.54) is 0 Å². The van der Waals surface area contributed by atoms with E-state index in [0.29, 0.717) is 12.4 Å². The van der Waals surface area contributed by atoms with Gasteiger partial charge in [0.05, 0.1) is 6.54 Å². The van der Waals surface area contributed by atoms with Crippen molar-refractivity contribution in [1.29, 1.82) is 0 Å². The van der Waals surface area contributed by atoms with E-state index in [0.717, 1.165) is 60.2 Å². The van der Waals surface area contributed by atoms with Crippen molar-refractivity contribution in [2.45, 2.75) is 52.6 Å². The molecule has 3 aromatic heterocycles. The second-order valence-corrected chi connectivity index (χ2v) is 7.63. The van der Waals surface area contributed by atoms with E-state index >= 15 is 0 Å². The fourth-order valence-corrected chi connectivity index (χ4v) is 3.80. The standard InChI is InChI=1S/C23H27N7O/c1-3-5-6-20-16-29(13-4-2)23(31)30(20)15-19-14-24-12-11-21(19)17-7-9-18(10-8-17)22-25-27-28-26-22/h7-12,14,16H,3-6,13,15H2,1-2H3,(H,25,26,27,28). The van der Waals surface area contributed by atoms with Crippen molar-refractivity contribution in [1.82, 2.24) is 34.7 Å². The molecule has 1 N–H and O–H groups in total. The van der Waals surface area contributed by atoms with Crippen LogP contribution in [0.2, 0.25) is 0 Å². The van der Waals surface area contributed by atoms with Crippen LogP contribution in [0, 0.1) is 0 Å². The van der Waals surface area contributed by atoms with Crippen LogP contribution in [0.25, 0.3) is 22.5 Å². The van der Waals surface area contributed by atoms with Gasteiger partial charge in [-0.15, -0.1) is 10.2 Å². The van der Waals surface area contributed by atoms with Gasteiger partial charge >= 0.3 is 5.69 Å². The van der Waals surface area contributed by atoms with Gasteiger partial charge in [0.25, 0.3) is 0 Å². The predicted molar refractivity (Wildman–Crippen MR) is 120 cm³/mol. The van der Waals surface area contributed by atoms with Gasteiger partial charge in [0.15, 0.2) is 0 Å². The summed E-state index contributed by atoms with van der Waals surface area (Å²) in [5.74, 6) is 0.561. The minimum Gasteiger partial charge on any atom is -0.299 e. The van der Waals surface area contributed by atoms with Crippen LogP contribution in [0.5, 0.6) is 0 Å². The number of hydrogen-bond donors (Lipinski definition) is 1. The van der Waals surface area contributed by atoms with Crippen molar-refractivity contribution in [2.75, 3.05) is 0 Å². The van der Waals surface area contributed by atoms with Crippen LogP contribution in [0.1, 0.15) is 44.4 Å². The molecule has 3 heterocycles. The van der Waals surface area contributed by atoms with E-state index in [2.05, 4.69) is 39.5 Å². The molecule has 0 atom stereocenters. The zero-order valence-corrected chi connectivity index (χ0v) is 18.0. The lowest BCUT2D eigenvalue weighted by atomic mass is 10.00. The summed E-state index contributed by atoms with van der Waals surface area (Å²) in [6, 6.07) is 10.0. The number of H-pyrrole nitrogens is 1. The molecule has 0 saturated carbocycles. The summed E-state index contributed by atoms with van der Waals surface area (Å²) < 4.78 is 3.74. The number of benzene rings is 1. The summed E-state index contributed by atoms with van der Waals surface area (Å²) >= 11 is 0. The lowest BCUT2D eigenvalue weighted by molar-refractivity contribution is 0.617. The molecule has 0 unspecified atom stereocenters. The second kappa shape index (κ2) is 9.51. The molecular formula is C23H27N7O. The summed E-state index contributed by atoms with van der Waals surface area (Å²) in [5.41, 5.74) is 5.16. The average molecular weight is 418 g/mol. The van der Waals surface area contributed by atoms with Crippen molar-refractivity contribution in [3.63, 3.8) is 0 Å². The Morgan fingerprint density at radius 2 is 1.84 bits per heavy atom. The lowest BCUT2D eigenvalue weighted by Gasteiger charge is -2.12. The molecule has 1 aromatic carbocycles. The quantitative estimate of drug-likeness (QED) is 0.448. The van der Waals surface area contributed by atoms with Gasteiger partial charge in [-0.3, -0.25) is 14.1 Å². The molecule has 31 heavy (non-hydrogen) atoms. The van der Waals surface area contributed by atoms with Gasteiger partial charge in [-0.05, 0) is 47.2 Å². The third kappa shape index (κ3) is 4.47. The Bertz CT molecular complexity index is 1170. The Morgan fingerprint density at radius 1 is 1.03 bits per heavy atom. The summed E-state index contributed by atoms with van der Waals surface area (Å²) in [7, 11) is 0. The molecule has 0 aliphatic carbocycles. The third-order valence-corrected chi connectivity index (χ3v) is 5.41. The van der Waals surface area contributed by atoms with Gasteiger partial charge in [0, 0.05) is 36.4 Å². The van der Waals surface area contributed by atoms with E-state index in [-0.39, 0.29) is 5.69 Å². The molecule has 0 aliphatic rings. The van der Waals surface area contributed by atoms with Crippen molar-refractivity contribution < 1.29 is 0 Å². The summed E-state index contributed by atoms with van der Waals surface area (Å²) in [5, 5.41) is 14.1. The molecule has 0 aliphatic heterocycles. The van der Waals surface area contributed by atoms with Gasteiger partial charge in [0.1, 0.15) is 0 Å². The Labute approximate surface area is 181 Å². The van der Waals surface area contributed by atoms with E-state index in [1.54, 1.807) is 6.20 Å². The molecule has 8 heteroatoms. The minimum absolute atomic E-state index is 0.0511. The number of unbranched alkanes of at least 4 members (excludes halogenated alkanes) is 1. The molecule has 0 amide bonds. The zero-order valence-electron chi connectivity index (χ0n) is 18.0. The van der Waals surface area contributed by atoms with Gasteiger partial charge in [-0.2, -0.15) is 5.21 Å². The van der Waals surface area contributed by atoms with Crippen LogP contribution in [-0.4, -0.2) is 34.7 Å². The highest BCUT2D eigenvalue weighted by Crippen LogP contribution is 2.26. The number of hydrogen-bond acceptors (Lipinski definition) is 5. The molecule has 4 rings (SSSR count). The number of aromatic amines is 1. The second-order valence-electron chi connectivity index (χ2n) is 7.63. The molecule has 0 bridgehead atoms. The highest BCUT2D eigenvalue weighted by Gasteiger charge is 2.14. The summed E-state index contributed by atoms with van der Waals surface area (Å²) in [6.45, 7) is 5.50. The van der Waals surface area contributed by atoms with Gasteiger partial charge in [0.2, 0.25) is 5.82 Å². The molecule has 0 spiro atoms. The number of imidazole rings is 1. The predicted octanol–water partition coefficient (Wildman–Crippen LogP) is 3.69. The first-order chi connectivity index (χ1) is 15.2. The average Bonchev–Trinajstić information content (AvgIpc) is 3.43. The lowest BCUT2D eigenvalue weighted by Crippen LogP contribution is -2.25. The van der Waals surface area contributed by atoms with E-state index in [4.69, 9.17) is 0 Å². The smallest absolute Gasteiger partial charge is 0.299 e. The zero-order chi connectivity index (χ0) is 21.6. The normalized spacial score (nSPS) is 11.2. The Balaban J connectivity index is 1.67. The number of nitrogens with one attached hydrogen (secondary N) is 1. The minimum atomic E-state index is 0.0511. The highest BCUT2D eigenvalue weighted by molar-refractivity contribution is 5.69. The largest absolute Gasteiger partial charge is 0.328 e. The monoisotopic (exact) mass is 417 g/mol. The van der Waals surface area contributed by atoms with E-state index < -0.39 is 0 Å². The Morgan fingerprint density at radius 3 is 2.55 bits per heavy atom. The van der Waals surface area contributed by atoms with Gasteiger partial charge in [-0.1, -0.05) is 44.5 Å². The SMILES string of the molecule is CCCCc1cn(CCC)c(=O)n1Cc1cnccc1-c1ccc(-c2nn[nH]n2)cc1. The Kier molecular flexibility index (Phi) is 6.35. The molecule has 0 radical (unpaired) electrons. The molecule has 160 valence electrons. The summed E-state index contributed by atoms with van der Waals surface area (Å²) in [4.78, 5) is 17.4. The van der Waals surface area contributed by atoms with Crippen molar-refractivity contribution in [3.8, 4) is 22.5 Å². The maximum absolute atomic E-state index is 13.1. The van der Waals surface area contributed by atoms with Crippen LogP contribution < -0.4 is 5.69 Å². The van der Waals surface area contributed by atoms with Gasteiger partial charge in [-0.25, -0.2) is 4.79 Å². The first-order valence-electron chi connectivity index (χ1n) is 10.8. The van der Waals surface area contributed by atoms with Crippen LogP contribution in [0.3, 0.4) is 0 Å². The summed E-state index contributed by atoms with van der Waals surface area (Å²) in [6.07, 6.45) is 9.66. The topological polar surface area (TPSA) is 94.3 Å². The molecule has 8 nitrogen and oxygen atoms in total. The van der Waals surface area contributed by atoms with Crippen molar-refractivity contribution in [3.05, 3.63) is 70.7 Å². The first-order valence-corrected chi connectivity index (χ1v) is 10.8. The molecule has 0 saturated heterocycles. The maximum atomic E-state index is 13.1. The highest BCUT2D eigenvalue weighted by atomic mass is 16.1. The number of aromatic nitrogens is 7. The van der Waals surface area contributed by atoms with E-state index in [1.807, 2.05) is 51.9 Å². The van der Waals surface area contributed by atoms with Crippen molar-refractivity contribution in [2.24, 2.45) is 0 Å². The fourth-order valence-electron chi connectivity index (χ4n) is 3.80. The maximum Gasteiger partial charge on any atom is 0.328 e. The first kappa shape index (κ1) is 20.7. The number of nitrogens with zero attached hydrogens (tertiary/aromatic N) is 6. The third-order valence-electron chi connectivity index (χ3n) is 5.41. The fraction of sp³-hybridized carbons (Fsp3) is 0.348. The molecule has 0 fully saturated rings.